The van der Waals surface area contributed by atoms with E-state index in [1.54, 1.807) is 14.2 Å². The SMILES string of the molecule is CNC(C)Cc1noc(-c2ccc(OC)c(OC)c2)n1. The van der Waals surface area contributed by atoms with Gasteiger partial charge in [0.25, 0.3) is 5.89 Å². The van der Waals surface area contributed by atoms with E-state index in [1.165, 1.54) is 0 Å². The zero-order valence-corrected chi connectivity index (χ0v) is 12.1. The van der Waals surface area contributed by atoms with E-state index in [0.717, 1.165) is 5.56 Å². The van der Waals surface area contributed by atoms with Crippen molar-refractivity contribution in [1.82, 2.24) is 15.5 Å². The highest BCUT2D eigenvalue weighted by molar-refractivity contribution is 5.59. The van der Waals surface area contributed by atoms with Crippen LogP contribution in [0.25, 0.3) is 11.5 Å². The number of nitrogens with one attached hydrogen (secondary N) is 1. The molecule has 6 heteroatoms. The van der Waals surface area contributed by atoms with Gasteiger partial charge in [-0.25, -0.2) is 0 Å². The zero-order chi connectivity index (χ0) is 14.5. The number of nitrogens with zero attached hydrogens (tertiary/aromatic N) is 2. The Labute approximate surface area is 118 Å². The quantitative estimate of drug-likeness (QED) is 0.869. The molecule has 0 fully saturated rings. The molecule has 0 radical (unpaired) electrons. The van der Waals surface area contributed by atoms with Gasteiger partial charge in [-0.15, -0.1) is 0 Å². The molecule has 108 valence electrons. The van der Waals surface area contributed by atoms with E-state index in [0.29, 0.717) is 35.7 Å². The van der Waals surface area contributed by atoms with Gasteiger partial charge >= 0.3 is 0 Å². The van der Waals surface area contributed by atoms with Crippen molar-refractivity contribution in [3.05, 3.63) is 24.0 Å². The molecule has 0 aliphatic carbocycles. The molecule has 1 aromatic carbocycles. The fourth-order valence-electron chi connectivity index (χ4n) is 1.80. The van der Waals surface area contributed by atoms with E-state index in [4.69, 9.17) is 14.0 Å². The van der Waals surface area contributed by atoms with Crippen molar-refractivity contribution in [2.45, 2.75) is 19.4 Å². The van der Waals surface area contributed by atoms with Crippen molar-refractivity contribution in [3.8, 4) is 23.0 Å². The molecular weight excluding hydrogens is 258 g/mol. The van der Waals surface area contributed by atoms with Crippen LogP contribution in [0.15, 0.2) is 22.7 Å². The summed E-state index contributed by atoms with van der Waals surface area (Å²) >= 11 is 0. The first-order valence-corrected chi connectivity index (χ1v) is 6.40. The van der Waals surface area contributed by atoms with Crippen LogP contribution in [0.3, 0.4) is 0 Å². The lowest BCUT2D eigenvalue weighted by Gasteiger charge is -2.07. The van der Waals surface area contributed by atoms with Crippen molar-refractivity contribution in [3.63, 3.8) is 0 Å². The Hall–Kier alpha value is -2.08. The molecule has 0 bridgehead atoms. The largest absolute Gasteiger partial charge is 0.493 e. The molecule has 0 saturated heterocycles. The smallest absolute Gasteiger partial charge is 0.258 e. The minimum atomic E-state index is 0.297. The highest BCUT2D eigenvalue weighted by Crippen LogP contribution is 2.31. The number of rotatable bonds is 6. The number of likely N-dealkylation sites (N-methyl/N-ethyl adjacent to an activating group) is 1. The Balaban J connectivity index is 2.23. The summed E-state index contributed by atoms with van der Waals surface area (Å²) in [6.07, 6.45) is 0.716. The summed E-state index contributed by atoms with van der Waals surface area (Å²) in [4.78, 5) is 4.39. The molecule has 6 nitrogen and oxygen atoms in total. The summed E-state index contributed by atoms with van der Waals surface area (Å²) in [5.41, 5.74) is 0.804. The number of aromatic nitrogens is 2. The predicted molar refractivity (Wildman–Crippen MR) is 75.1 cm³/mol. The second kappa shape index (κ2) is 6.38. The molecule has 1 atom stereocenters. The molecule has 0 saturated carbocycles. The maximum Gasteiger partial charge on any atom is 0.258 e. The number of methoxy groups -OCH3 is 2. The summed E-state index contributed by atoms with van der Waals surface area (Å²) in [6, 6.07) is 5.79. The lowest BCUT2D eigenvalue weighted by atomic mass is 10.2. The average molecular weight is 277 g/mol. The molecule has 1 unspecified atom stereocenters. The van der Waals surface area contributed by atoms with Gasteiger partial charge in [-0.2, -0.15) is 4.98 Å². The van der Waals surface area contributed by atoms with E-state index >= 15 is 0 Å². The van der Waals surface area contributed by atoms with Crippen molar-refractivity contribution in [1.29, 1.82) is 0 Å². The number of ether oxygens (including phenoxy) is 2. The van der Waals surface area contributed by atoms with Gasteiger partial charge in [-0.3, -0.25) is 0 Å². The summed E-state index contributed by atoms with van der Waals surface area (Å²) in [5, 5.41) is 7.12. The highest BCUT2D eigenvalue weighted by Gasteiger charge is 2.13. The normalized spacial score (nSPS) is 12.2. The van der Waals surface area contributed by atoms with Gasteiger partial charge in [-0.1, -0.05) is 5.16 Å². The fourth-order valence-corrected chi connectivity index (χ4v) is 1.80. The van der Waals surface area contributed by atoms with Crippen LogP contribution in [0, 0.1) is 0 Å². The molecule has 0 spiro atoms. The first-order chi connectivity index (χ1) is 9.67. The van der Waals surface area contributed by atoms with E-state index < -0.39 is 0 Å². The van der Waals surface area contributed by atoms with Gasteiger partial charge < -0.3 is 19.3 Å². The fraction of sp³-hybridized carbons (Fsp3) is 0.429. The molecule has 1 aromatic heterocycles. The van der Waals surface area contributed by atoms with Gasteiger partial charge in [0.1, 0.15) is 0 Å². The molecule has 0 aliphatic rings. The zero-order valence-electron chi connectivity index (χ0n) is 12.1. The van der Waals surface area contributed by atoms with Gasteiger partial charge in [0.15, 0.2) is 17.3 Å². The number of hydrogen-bond acceptors (Lipinski definition) is 6. The molecule has 2 aromatic rings. The van der Waals surface area contributed by atoms with Crippen molar-refractivity contribution in [2.75, 3.05) is 21.3 Å². The third kappa shape index (κ3) is 3.08. The predicted octanol–water partition coefficient (Wildman–Crippen LogP) is 1.90. The first-order valence-electron chi connectivity index (χ1n) is 6.40. The summed E-state index contributed by atoms with van der Waals surface area (Å²) in [6.45, 7) is 2.06. The van der Waals surface area contributed by atoms with E-state index in [2.05, 4.69) is 22.4 Å². The Bertz CT molecular complexity index is 569. The maximum atomic E-state index is 5.28. The van der Waals surface area contributed by atoms with Crippen molar-refractivity contribution >= 4 is 0 Å². The lowest BCUT2D eigenvalue weighted by molar-refractivity contribution is 0.355. The van der Waals surface area contributed by atoms with E-state index in [9.17, 15) is 0 Å². The van der Waals surface area contributed by atoms with Crippen LogP contribution < -0.4 is 14.8 Å². The molecule has 1 heterocycles. The van der Waals surface area contributed by atoms with Crippen LogP contribution in [-0.2, 0) is 6.42 Å². The maximum absolute atomic E-state index is 5.28. The van der Waals surface area contributed by atoms with Gasteiger partial charge in [0, 0.05) is 18.0 Å². The molecule has 0 amide bonds. The van der Waals surface area contributed by atoms with Gasteiger partial charge in [0.05, 0.1) is 14.2 Å². The van der Waals surface area contributed by atoms with Crippen LogP contribution in [0.2, 0.25) is 0 Å². The third-order valence-electron chi connectivity index (χ3n) is 3.08. The minimum absolute atomic E-state index is 0.297. The average Bonchev–Trinajstić information content (AvgIpc) is 2.94. The van der Waals surface area contributed by atoms with E-state index in [-0.39, 0.29) is 0 Å². The number of benzene rings is 1. The van der Waals surface area contributed by atoms with E-state index in [1.807, 2.05) is 25.2 Å². The molecule has 2 rings (SSSR count). The summed E-state index contributed by atoms with van der Waals surface area (Å²) in [5.74, 6) is 2.45. The number of hydrogen-bond donors (Lipinski definition) is 1. The highest BCUT2D eigenvalue weighted by atomic mass is 16.5. The molecule has 20 heavy (non-hydrogen) atoms. The van der Waals surface area contributed by atoms with Crippen LogP contribution in [0.1, 0.15) is 12.7 Å². The minimum Gasteiger partial charge on any atom is -0.493 e. The van der Waals surface area contributed by atoms with Gasteiger partial charge in [-0.05, 0) is 32.2 Å². The summed E-state index contributed by atoms with van der Waals surface area (Å²) < 4.78 is 15.7. The standard InChI is InChI=1S/C14H19N3O3/c1-9(15-2)7-13-16-14(20-17-13)10-5-6-11(18-3)12(8-10)19-4/h5-6,8-9,15H,7H2,1-4H3. The Morgan fingerprint density at radius 1 is 1.25 bits per heavy atom. The molecular formula is C14H19N3O3. The van der Waals surface area contributed by atoms with Crippen LogP contribution >= 0.6 is 0 Å². The molecule has 0 aliphatic heterocycles. The van der Waals surface area contributed by atoms with Gasteiger partial charge in [0.2, 0.25) is 0 Å². The molecule has 1 N–H and O–H groups in total. The third-order valence-corrected chi connectivity index (χ3v) is 3.08. The van der Waals surface area contributed by atoms with Crippen molar-refractivity contribution < 1.29 is 14.0 Å². The van der Waals surface area contributed by atoms with Crippen LogP contribution in [0.5, 0.6) is 11.5 Å². The van der Waals surface area contributed by atoms with Crippen LogP contribution in [0.4, 0.5) is 0 Å². The van der Waals surface area contributed by atoms with Crippen LogP contribution in [-0.4, -0.2) is 37.4 Å². The first kappa shape index (κ1) is 14.3. The Kier molecular flexibility index (Phi) is 4.57. The Morgan fingerprint density at radius 3 is 2.65 bits per heavy atom. The topological polar surface area (TPSA) is 69.4 Å². The lowest BCUT2D eigenvalue weighted by Crippen LogP contribution is -2.24. The monoisotopic (exact) mass is 277 g/mol. The summed E-state index contributed by atoms with van der Waals surface area (Å²) in [7, 11) is 5.09. The second-order valence-electron chi connectivity index (χ2n) is 4.48. The Morgan fingerprint density at radius 2 is 2.00 bits per heavy atom. The second-order valence-corrected chi connectivity index (χ2v) is 4.48. The van der Waals surface area contributed by atoms with Crippen molar-refractivity contribution in [2.24, 2.45) is 0 Å².